The summed E-state index contributed by atoms with van der Waals surface area (Å²) in [6.07, 6.45) is 13.3. The molecular weight excluding hydrogens is 340 g/mol. The van der Waals surface area contributed by atoms with Crippen molar-refractivity contribution in [2.75, 3.05) is 14.2 Å². The molecule has 5 heteroatoms. The molecule has 140 valence electrons. The zero-order valence-electron chi connectivity index (χ0n) is 15.9. The maximum absolute atomic E-state index is 13.2. The smallest absolute Gasteiger partial charge is 0.260 e. The van der Waals surface area contributed by atoms with Crippen LogP contribution in [-0.4, -0.2) is 37.3 Å². The first-order valence-corrected chi connectivity index (χ1v) is 8.96. The van der Waals surface area contributed by atoms with E-state index >= 15 is 0 Å². The zero-order chi connectivity index (χ0) is 19.4. The van der Waals surface area contributed by atoms with Crippen molar-refractivity contribution in [3.8, 4) is 11.5 Å². The van der Waals surface area contributed by atoms with Crippen molar-refractivity contribution in [3.63, 3.8) is 0 Å². The number of carbonyl (C=O) groups is 1. The number of allylic oxidation sites excluding steroid dienone is 5. The predicted molar refractivity (Wildman–Crippen MR) is 108 cm³/mol. The van der Waals surface area contributed by atoms with Crippen LogP contribution in [0.15, 0.2) is 65.4 Å². The van der Waals surface area contributed by atoms with Crippen molar-refractivity contribution in [3.05, 3.63) is 65.9 Å². The fraction of sp³-hybridized carbons (Fsp3) is 0.273. The van der Waals surface area contributed by atoms with E-state index in [2.05, 4.69) is 30.6 Å². The summed E-state index contributed by atoms with van der Waals surface area (Å²) in [6, 6.07) is 3.32. The number of nitrogens with zero attached hydrogens (tertiary/aromatic N) is 2. The van der Waals surface area contributed by atoms with Gasteiger partial charge in [-0.2, -0.15) is 0 Å². The molecule has 1 aromatic carbocycles. The standard InChI is InChI=1S/C22H24N2O3/c1-5-7-9-15(8-6-2)16-10-17-13-23-19-12-21(27-4)20(26-3)11-18(19)22(25)24(17)14-16/h6-9,11-14,17H,2,5,10H2,1,3-4H3/b9-7-,15-8+. The highest BCUT2D eigenvalue weighted by Crippen LogP contribution is 2.39. The number of hydrogen-bond acceptors (Lipinski definition) is 4. The summed E-state index contributed by atoms with van der Waals surface area (Å²) in [5, 5.41) is 0. The molecular formula is C22H24N2O3. The minimum Gasteiger partial charge on any atom is -0.493 e. The van der Waals surface area contributed by atoms with E-state index in [0.717, 1.165) is 17.6 Å². The van der Waals surface area contributed by atoms with Crippen molar-refractivity contribution in [2.45, 2.75) is 25.8 Å². The van der Waals surface area contributed by atoms with Crippen LogP contribution in [0.4, 0.5) is 5.69 Å². The second kappa shape index (κ2) is 8.08. The monoisotopic (exact) mass is 364 g/mol. The quantitative estimate of drug-likeness (QED) is 0.693. The van der Waals surface area contributed by atoms with Gasteiger partial charge in [-0.3, -0.25) is 9.79 Å². The summed E-state index contributed by atoms with van der Waals surface area (Å²) >= 11 is 0. The van der Waals surface area contributed by atoms with Crippen molar-refractivity contribution in [1.29, 1.82) is 0 Å². The Morgan fingerprint density at radius 3 is 2.74 bits per heavy atom. The van der Waals surface area contributed by atoms with Gasteiger partial charge in [-0.25, -0.2) is 0 Å². The van der Waals surface area contributed by atoms with Crippen LogP contribution < -0.4 is 9.47 Å². The van der Waals surface area contributed by atoms with Gasteiger partial charge in [0.2, 0.25) is 0 Å². The second-order valence-electron chi connectivity index (χ2n) is 6.31. The number of ether oxygens (including phenoxy) is 2. The number of fused-ring (bicyclic) bond motifs is 2. The molecule has 1 atom stereocenters. The van der Waals surface area contributed by atoms with Crippen LogP contribution in [0.3, 0.4) is 0 Å². The van der Waals surface area contributed by atoms with Crippen LogP contribution >= 0.6 is 0 Å². The van der Waals surface area contributed by atoms with Crippen molar-refractivity contribution >= 4 is 17.8 Å². The fourth-order valence-electron chi connectivity index (χ4n) is 3.26. The van der Waals surface area contributed by atoms with Gasteiger partial charge < -0.3 is 14.4 Å². The number of methoxy groups -OCH3 is 2. The van der Waals surface area contributed by atoms with Gasteiger partial charge in [0.15, 0.2) is 11.5 Å². The van der Waals surface area contributed by atoms with Crippen molar-refractivity contribution in [2.24, 2.45) is 4.99 Å². The van der Waals surface area contributed by atoms with Crippen LogP contribution in [0.25, 0.3) is 0 Å². The normalized spacial score (nSPS) is 18.9. The molecule has 0 fully saturated rings. The van der Waals surface area contributed by atoms with E-state index in [9.17, 15) is 4.79 Å². The minimum absolute atomic E-state index is 0.0964. The van der Waals surface area contributed by atoms with Gasteiger partial charge in [0.05, 0.1) is 31.5 Å². The third-order valence-electron chi connectivity index (χ3n) is 4.64. The van der Waals surface area contributed by atoms with Crippen LogP contribution in [-0.2, 0) is 0 Å². The van der Waals surface area contributed by atoms with E-state index in [-0.39, 0.29) is 11.9 Å². The number of rotatable bonds is 6. The molecule has 2 heterocycles. The highest BCUT2D eigenvalue weighted by atomic mass is 16.5. The summed E-state index contributed by atoms with van der Waals surface area (Å²) in [5.74, 6) is 0.973. The highest BCUT2D eigenvalue weighted by Gasteiger charge is 2.33. The van der Waals surface area contributed by atoms with Gasteiger partial charge in [-0.15, -0.1) is 0 Å². The average molecular weight is 364 g/mol. The molecule has 0 aromatic heterocycles. The number of aliphatic imine (C=N–C) groups is 1. The lowest BCUT2D eigenvalue weighted by Gasteiger charge is -2.18. The van der Waals surface area contributed by atoms with E-state index in [4.69, 9.17) is 9.47 Å². The van der Waals surface area contributed by atoms with E-state index in [0.29, 0.717) is 29.2 Å². The van der Waals surface area contributed by atoms with Gasteiger partial charge in [0.1, 0.15) is 0 Å². The predicted octanol–water partition coefficient (Wildman–Crippen LogP) is 4.60. The van der Waals surface area contributed by atoms with Crippen molar-refractivity contribution in [1.82, 2.24) is 4.90 Å². The Balaban J connectivity index is 2.00. The lowest BCUT2D eigenvalue weighted by molar-refractivity contribution is 0.0817. The molecule has 1 unspecified atom stereocenters. The van der Waals surface area contributed by atoms with Gasteiger partial charge in [0, 0.05) is 24.9 Å². The van der Waals surface area contributed by atoms with Gasteiger partial charge in [-0.05, 0) is 23.6 Å². The Morgan fingerprint density at radius 1 is 1.33 bits per heavy atom. The molecule has 0 saturated heterocycles. The molecule has 0 aliphatic carbocycles. The molecule has 0 spiro atoms. The Labute approximate surface area is 160 Å². The minimum atomic E-state index is -0.111. The molecule has 5 nitrogen and oxygen atoms in total. The Kier molecular flexibility index (Phi) is 5.60. The number of hydrogen-bond donors (Lipinski definition) is 0. The van der Waals surface area contributed by atoms with E-state index in [1.807, 2.05) is 18.5 Å². The van der Waals surface area contributed by atoms with Gasteiger partial charge in [0.25, 0.3) is 5.91 Å². The Hall–Kier alpha value is -3.08. The molecule has 3 rings (SSSR count). The number of carbonyl (C=O) groups excluding carboxylic acids is 1. The Morgan fingerprint density at radius 2 is 2.07 bits per heavy atom. The first-order chi connectivity index (χ1) is 13.1. The first kappa shape index (κ1) is 18.7. The van der Waals surface area contributed by atoms with Crippen LogP contribution in [0.5, 0.6) is 11.5 Å². The van der Waals surface area contributed by atoms with Crippen LogP contribution in [0, 0.1) is 0 Å². The van der Waals surface area contributed by atoms with Crippen molar-refractivity contribution < 1.29 is 14.3 Å². The summed E-state index contributed by atoms with van der Waals surface area (Å²) in [4.78, 5) is 19.5. The molecule has 0 bridgehead atoms. The second-order valence-corrected chi connectivity index (χ2v) is 6.31. The maximum atomic E-state index is 13.2. The van der Waals surface area contributed by atoms with Crippen LogP contribution in [0.2, 0.25) is 0 Å². The van der Waals surface area contributed by atoms with E-state index in [1.165, 1.54) is 0 Å². The first-order valence-electron chi connectivity index (χ1n) is 8.96. The van der Waals surface area contributed by atoms with Gasteiger partial charge in [-0.1, -0.05) is 37.8 Å². The molecule has 2 aliphatic heterocycles. The molecule has 0 saturated carbocycles. The molecule has 0 radical (unpaired) electrons. The summed E-state index contributed by atoms with van der Waals surface area (Å²) in [5.41, 5.74) is 3.25. The molecule has 2 aliphatic rings. The van der Waals surface area contributed by atoms with Gasteiger partial charge >= 0.3 is 0 Å². The summed E-state index contributed by atoms with van der Waals surface area (Å²) < 4.78 is 10.7. The zero-order valence-corrected chi connectivity index (χ0v) is 15.9. The third kappa shape index (κ3) is 3.58. The molecule has 1 amide bonds. The largest absolute Gasteiger partial charge is 0.493 e. The van der Waals surface area contributed by atoms with E-state index < -0.39 is 0 Å². The number of amides is 1. The molecule has 0 N–H and O–H groups in total. The third-order valence-corrected chi connectivity index (χ3v) is 4.64. The SMILES string of the molecule is C=C/C=C(\C=C/CC)C1=CN2C(=O)c3cc(OC)c(OC)cc3N=CC2C1. The van der Waals surface area contributed by atoms with Crippen LogP contribution in [0.1, 0.15) is 30.1 Å². The average Bonchev–Trinajstić information content (AvgIpc) is 3.07. The highest BCUT2D eigenvalue weighted by molar-refractivity contribution is 6.04. The van der Waals surface area contributed by atoms with E-state index in [1.54, 1.807) is 37.3 Å². The lowest BCUT2D eigenvalue weighted by atomic mass is 10.0. The maximum Gasteiger partial charge on any atom is 0.260 e. The topological polar surface area (TPSA) is 51.1 Å². The fourth-order valence-corrected chi connectivity index (χ4v) is 3.26. The summed E-state index contributed by atoms with van der Waals surface area (Å²) in [7, 11) is 3.12. The molecule has 27 heavy (non-hydrogen) atoms. The number of benzene rings is 1. The lowest BCUT2D eigenvalue weighted by Crippen LogP contribution is -2.32. The Bertz CT molecular complexity index is 878. The molecule has 1 aromatic rings. The summed E-state index contributed by atoms with van der Waals surface area (Å²) in [6.45, 7) is 5.89.